The van der Waals surface area contributed by atoms with Crippen molar-refractivity contribution in [2.75, 3.05) is 5.32 Å². The summed E-state index contributed by atoms with van der Waals surface area (Å²) < 4.78 is 0. The van der Waals surface area contributed by atoms with E-state index in [1.54, 1.807) is 18.3 Å². The number of hydrogen-bond donors (Lipinski definition) is 2. The molecule has 3 aromatic rings. The Morgan fingerprint density at radius 1 is 1.19 bits per heavy atom. The van der Waals surface area contributed by atoms with Crippen molar-refractivity contribution in [2.45, 2.75) is 6.42 Å². The van der Waals surface area contributed by atoms with E-state index in [4.69, 9.17) is 0 Å². The highest BCUT2D eigenvalue weighted by Crippen LogP contribution is 2.22. The Morgan fingerprint density at radius 2 is 1.92 bits per heavy atom. The van der Waals surface area contributed by atoms with Crippen LogP contribution in [0.25, 0.3) is 6.08 Å². The van der Waals surface area contributed by atoms with Gasteiger partial charge >= 0.3 is 0 Å². The normalized spacial score (nSPS) is 11.0. The van der Waals surface area contributed by atoms with Crippen molar-refractivity contribution in [1.82, 2.24) is 4.98 Å². The molecule has 1 amide bonds. The number of anilines is 1. The molecule has 1 aromatic heterocycles. The number of phenols is 1. The van der Waals surface area contributed by atoms with E-state index in [0.717, 1.165) is 11.3 Å². The minimum absolute atomic E-state index is 0.0319. The van der Waals surface area contributed by atoms with E-state index in [2.05, 4.69) is 10.3 Å². The van der Waals surface area contributed by atoms with Crippen molar-refractivity contribution in [3.63, 3.8) is 0 Å². The van der Waals surface area contributed by atoms with Gasteiger partial charge in [-0.2, -0.15) is 5.26 Å². The quantitative estimate of drug-likeness (QED) is 0.531. The summed E-state index contributed by atoms with van der Waals surface area (Å²) in [5.41, 5.74) is 1.79. The van der Waals surface area contributed by atoms with Crippen molar-refractivity contribution in [3.8, 4) is 11.8 Å². The Kier molecular flexibility index (Phi) is 5.42. The van der Waals surface area contributed by atoms with Gasteiger partial charge in [0.15, 0.2) is 5.13 Å². The molecule has 0 spiro atoms. The number of nitriles is 1. The standard InChI is InChI=1S/C20H15N3O2S/c21-12-16(10-15-6-8-17(24)9-7-15)19(25)23-20-22-13-18(26-20)11-14-4-2-1-3-5-14/h1-10,13,24H,11H2,(H,22,23,25). The number of nitrogens with zero attached hydrogens (tertiary/aromatic N) is 2. The van der Waals surface area contributed by atoms with Crippen LogP contribution in [0.2, 0.25) is 0 Å². The highest BCUT2D eigenvalue weighted by molar-refractivity contribution is 7.15. The summed E-state index contributed by atoms with van der Waals surface area (Å²) in [6.45, 7) is 0. The fourth-order valence-electron chi connectivity index (χ4n) is 2.29. The van der Waals surface area contributed by atoms with Crippen LogP contribution in [0.4, 0.5) is 5.13 Å². The maximum absolute atomic E-state index is 12.3. The molecule has 1 heterocycles. The largest absolute Gasteiger partial charge is 0.508 e. The molecule has 0 aliphatic rings. The van der Waals surface area contributed by atoms with E-state index >= 15 is 0 Å². The number of hydrogen-bond acceptors (Lipinski definition) is 5. The summed E-state index contributed by atoms with van der Waals surface area (Å²) in [5.74, 6) is -0.389. The first-order valence-corrected chi connectivity index (χ1v) is 8.66. The van der Waals surface area contributed by atoms with Crippen LogP contribution in [0.3, 0.4) is 0 Å². The van der Waals surface area contributed by atoms with Gasteiger partial charge in [0.25, 0.3) is 5.91 Å². The monoisotopic (exact) mass is 361 g/mol. The molecule has 0 atom stereocenters. The van der Waals surface area contributed by atoms with E-state index < -0.39 is 5.91 Å². The van der Waals surface area contributed by atoms with Gasteiger partial charge < -0.3 is 5.11 Å². The Labute approximate surface area is 154 Å². The second-order valence-electron chi connectivity index (χ2n) is 5.51. The van der Waals surface area contributed by atoms with E-state index in [9.17, 15) is 15.2 Å². The van der Waals surface area contributed by atoms with Crippen molar-refractivity contribution in [3.05, 3.63) is 82.4 Å². The molecule has 0 fully saturated rings. The predicted octanol–water partition coefficient (Wildman–Crippen LogP) is 3.99. The highest BCUT2D eigenvalue weighted by atomic mass is 32.1. The Hall–Kier alpha value is -3.43. The molecule has 6 heteroatoms. The van der Waals surface area contributed by atoms with Crippen LogP contribution in [0, 0.1) is 11.3 Å². The van der Waals surface area contributed by atoms with Crippen molar-refractivity contribution >= 4 is 28.5 Å². The lowest BCUT2D eigenvalue weighted by Crippen LogP contribution is -2.13. The second-order valence-corrected chi connectivity index (χ2v) is 6.62. The average molecular weight is 361 g/mol. The highest BCUT2D eigenvalue weighted by Gasteiger charge is 2.12. The third-order valence-corrected chi connectivity index (χ3v) is 4.48. The summed E-state index contributed by atoms with van der Waals surface area (Å²) in [6, 6.07) is 18.1. The zero-order valence-corrected chi connectivity index (χ0v) is 14.5. The zero-order chi connectivity index (χ0) is 18.4. The summed E-state index contributed by atoms with van der Waals surface area (Å²) in [7, 11) is 0. The van der Waals surface area contributed by atoms with Gasteiger partial charge in [0.05, 0.1) is 0 Å². The summed E-state index contributed by atoms with van der Waals surface area (Å²) in [5, 5.41) is 21.6. The zero-order valence-electron chi connectivity index (χ0n) is 13.7. The number of thiazole rings is 1. The molecule has 0 saturated heterocycles. The number of amides is 1. The van der Waals surface area contributed by atoms with Gasteiger partial charge in [-0.15, -0.1) is 11.3 Å². The number of aromatic hydroxyl groups is 1. The van der Waals surface area contributed by atoms with E-state index in [0.29, 0.717) is 10.7 Å². The molecule has 0 aliphatic carbocycles. The fourth-order valence-corrected chi connectivity index (χ4v) is 3.14. The summed E-state index contributed by atoms with van der Waals surface area (Å²) in [4.78, 5) is 17.5. The van der Waals surface area contributed by atoms with Gasteiger partial charge in [-0.25, -0.2) is 4.98 Å². The lowest BCUT2D eigenvalue weighted by Gasteiger charge is -2.01. The van der Waals surface area contributed by atoms with Gasteiger partial charge in [-0.3, -0.25) is 10.1 Å². The van der Waals surface area contributed by atoms with Crippen molar-refractivity contribution in [2.24, 2.45) is 0 Å². The van der Waals surface area contributed by atoms with Crippen LogP contribution in [-0.2, 0) is 11.2 Å². The van der Waals surface area contributed by atoms with E-state index in [-0.39, 0.29) is 11.3 Å². The first-order valence-electron chi connectivity index (χ1n) is 7.85. The molecular formula is C20H15N3O2S. The van der Waals surface area contributed by atoms with Gasteiger partial charge in [-0.05, 0) is 29.3 Å². The number of benzene rings is 2. The topological polar surface area (TPSA) is 86.0 Å². The Bertz CT molecular complexity index is 970. The van der Waals surface area contributed by atoms with Crippen molar-refractivity contribution in [1.29, 1.82) is 5.26 Å². The van der Waals surface area contributed by atoms with Gasteiger partial charge in [0, 0.05) is 17.5 Å². The maximum atomic E-state index is 12.3. The summed E-state index contributed by atoms with van der Waals surface area (Å²) >= 11 is 1.38. The van der Waals surface area contributed by atoms with E-state index in [1.165, 1.54) is 35.1 Å². The number of rotatable bonds is 5. The minimum atomic E-state index is -0.513. The second kappa shape index (κ2) is 8.10. The number of nitrogens with one attached hydrogen (secondary N) is 1. The lowest BCUT2D eigenvalue weighted by molar-refractivity contribution is -0.112. The molecule has 128 valence electrons. The molecule has 26 heavy (non-hydrogen) atoms. The Morgan fingerprint density at radius 3 is 2.62 bits per heavy atom. The van der Waals surface area contributed by atoms with Crippen LogP contribution < -0.4 is 5.32 Å². The molecule has 0 bridgehead atoms. The molecule has 0 saturated carbocycles. The molecular weight excluding hydrogens is 346 g/mol. The summed E-state index contributed by atoms with van der Waals surface area (Å²) in [6.07, 6.45) is 3.93. The molecule has 2 aromatic carbocycles. The van der Waals surface area contributed by atoms with Gasteiger partial charge in [0.1, 0.15) is 17.4 Å². The number of phenolic OH excluding ortho intramolecular Hbond substituents is 1. The average Bonchev–Trinajstić information content (AvgIpc) is 3.08. The third-order valence-electron chi connectivity index (χ3n) is 3.56. The molecule has 5 nitrogen and oxygen atoms in total. The molecule has 0 unspecified atom stereocenters. The first-order chi connectivity index (χ1) is 12.6. The number of aromatic nitrogens is 1. The maximum Gasteiger partial charge on any atom is 0.268 e. The van der Waals surface area contributed by atoms with Crippen LogP contribution >= 0.6 is 11.3 Å². The van der Waals surface area contributed by atoms with Gasteiger partial charge in [-0.1, -0.05) is 42.5 Å². The lowest BCUT2D eigenvalue weighted by atomic mass is 10.1. The first kappa shape index (κ1) is 17.4. The Balaban J connectivity index is 1.69. The van der Waals surface area contributed by atoms with Gasteiger partial charge in [0.2, 0.25) is 0 Å². The fraction of sp³-hybridized carbons (Fsp3) is 0.0500. The van der Waals surface area contributed by atoms with Crippen LogP contribution in [0.1, 0.15) is 16.0 Å². The smallest absolute Gasteiger partial charge is 0.268 e. The van der Waals surface area contributed by atoms with Crippen LogP contribution in [0.15, 0.2) is 66.4 Å². The minimum Gasteiger partial charge on any atom is -0.508 e. The number of carbonyl (C=O) groups is 1. The molecule has 3 rings (SSSR count). The number of carbonyl (C=O) groups excluding carboxylic acids is 1. The van der Waals surface area contributed by atoms with Crippen molar-refractivity contribution < 1.29 is 9.90 Å². The predicted molar refractivity (Wildman–Crippen MR) is 102 cm³/mol. The van der Waals surface area contributed by atoms with E-state index in [1.807, 2.05) is 36.4 Å². The van der Waals surface area contributed by atoms with Crippen LogP contribution in [-0.4, -0.2) is 16.0 Å². The molecule has 0 radical (unpaired) electrons. The molecule has 0 aliphatic heterocycles. The molecule has 2 N–H and O–H groups in total. The third kappa shape index (κ3) is 4.56. The SMILES string of the molecule is N#CC(=Cc1ccc(O)cc1)C(=O)Nc1ncc(Cc2ccccc2)s1. The van der Waals surface area contributed by atoms with Crippen LogP contribution in [0.5, 0.6) is 5.75 Å².